The Hall–Kier alpha value is -4.00. The Morgan fingerprint density at radius 2 is 1.88 bits per heavy atom. The number of rotatable bonds is 6. The van der Waals surface area contributed by atoms with Crippen LogP contribution in [0.15, 0.2) is 36.8 Å². The monoisotopic (exact) mass is 455 g/mol. The lowest BCUT2D eigenvalue weighted by atomic mass is 10.3. The summed E-state index contributed by atoms with van der Waals surface area (Å²) < 4.78 is 40.0. The van der Waals surface area contributed by atoms with Crippen LogP contribution >= 0.6 is 0 Å². The van der Waals surface area contributed by atoms with Crippen molar-refractivity contribution in [3.63, 3.8) is 0 Å². The minimum atomic E-state index is -2.87. The molecule has 0 saturated carbocycles. The van der Waals surface area contributed by atoms with E-state index in [0.717, 1.165) is 0 Å². The lowest BCUT2D eigenvalue weighted by Crippen LogP contribution is -2.37. The molecule has 0 aliphatic carbocycles. The summed E-state index contributed by atoms with van der Waals surface area (Å²) in [6.45, 7) is 2.11. The fraction of sp³-hybridized carbons (Fsp3) is 0.300. The predicted molar refractivity (Wildman–Crippen MR) is 114 cm³/mol. The molecule has 1 aromatic carbocycles. The Bertz CT molecular complexity index is 1260. The third-order valence-corrected chi connectivity index (χ3v) is 5.02. The van der Waals surface area contributed by atoms with Gasteiger partial charge in [-0.15, -0.1) is 0 Å². The van der Waals surface area contributed by atoms with Gasteiger partial charge < -0.3 is 19.7 Å². The molecular weight excluding hydrogens is 436 g/mol. The summed E-state index contributed by atoms with van der Waals surface area (Å²) in [6, 6.07) is 6.65. The van der Waals surface area contributed by atoms with Gasteiger partial charge in [0.2, 0.25) is 17.8 Å². The topological polar surface area (TPSA) is 116 Å². The highest BCUT2D eigenvalue weighted by atomic mass is 19.3. The zero-order chi connectivity index (χ0) is 22.8. The molecule has 5 rings (SSSR count). The maximum absolute atomic E-state index is 14.0. The number of para-hydroxylation sites is 1. The first-order chi connectivity index (χ1) is 16.1. The molecule has 3 aromatic heterocycles. The summed E-state index contributed by atoms with van der Waals surface area (Å²) in [7, 11) is 1.46. The van der Waals surface area contributed by atoms with Crippen molar-refractivity contribution in [2.75, 3.05) is 43.6 Å². The average Bonchev–Trinajstić information content (AvgIpc) is 3.25. The number of imidazole rings is 1. The highest BCUT2D eigenvalue weighted by Gasteiger charge is 2.25. The van der Waals surface area contributed by atoms with E-state index in [1.165, 1.54) is 18.0 Å². The second-order valence-corrected chi connectivity index (χ2v) is 7.01. The molecule has 13 heteroatoms. The van der Waals surface area contributed by atoms with Crippen molar-refractivity contribution in [1.29, 1.82) is 0 Å². The van der Waals surface area contributed by atoms with Gasteiger partial charge in [-0.25, -0.2) is 23.7 Å². The summed E-state index contributed by atoms with van der Waals surface area (Å²) >= 11 is 0. The third kappa shape index (κ3) is 4.09. The Kier molecular flexibility index (Phi) is 5.60. The summed E-state index contributed by atoms with van der Waals surface area (Å²) in [6.07, 6.45) is 0.0620. The molecule has 1 N–H and O–H groups in total. The van der Waals surface area contributed by atoms with Gasteiger partial charge >= 0.3 is 0 Å². The van der Waals surface area contributed by atoms with Gasteiger partial charge in [-0.05, 0) is 18.2 Å². The van der Waals surface area contributed by atoms with Crippen LogP contribution in [0.25, 0.3) is 17.0 Å². The molecule has 1 fully saturated rings. The van der Waals surface area contributed by atoms with Crippen LogP contribution < -0.4 is 15.0 Å². The Morgan fingerprint density at radius 3 is 2.61 bits per heavy atom. The molecule has 0 radical (unpaired) electrons. The number of halogens is 2. The van der Waals surface area contributed by atoms with Crippen molar-refractivity contribution >= 4 is 28.7 Å². The molecule has 33 heavy (non-hydrogen) atoms. The van der Waals surface area contributed by atoms with Gasteiger partial charge in [0.25, 0.3) is 6.43 Å². The number of hydrogen-bond donors (Lipinski definition) is 1. The van der Waals surface area contributed by atoms with E-state index in [9.17, 15) is 8.78 Å². The zero-order valence-electron chi connectivity index (χ0n) is 17.5. The number of fused-ring (bicyclic) bond motifs is 1. The van der Waals surface area contributed by atoms with Crippen molar-refractivity contribution in [2.24, 2.45) is 0 Å². The van der Waals surface area contributed by atoms with Gasteiger partial charge in [0, 0.05) is 19.3 Å². The van der Waals surface area contributed by atoms with Gasteiger partial charge in [-0.2, -0.15) is 15.0 Å². The molecule has 0 atom stereocenters. The van der Waals surface area contributed by atoms with Crippen molar-refractivity contribution in [3.05, 3.63) is 42.6 Å². The van der Waals surface area contributed by atoms with Gasteiger partial charge in [-0.3, -0.25) is 4.57 Å². The predicted octanol–water partition coefficient (Wildman–Crippen LogP) is 2.53. The van der Waals surface area contributed by atoms with Crippen LogP contribution in [0.3, 0.4) is 0 Å². The number of alkyl halides is 2. The standard InChI is InChI=1S/C20H19F2N9O2/c1-32-13-4-2-3-12-15(13)26-17(16(21)22)31(12)20-28-18(25-14-5-6-23-11-24-14)27-19(29-20)30-7-9-33-10-8-30/h2-6,11,16H,7-10H2,1H3,(H,23,24,25,27,28,29). The first kappa shape index (κ1) is 20.9. The summed E-state index contributed by atoms with van der Waals surface area (Å²) in [4.78, 5) is 27.4. The number of nitrogens with zero attached hydrogens (tertiary/aromatic N) is 8. The molecule has 4 heterocycles. The molecule has 0 bridgehead atoms. The number of ether oxygens (including phenoxy) is 2. The van der Waals surface area contributed by atoms with E-state index in [1.54, 1.807) is 30.5 Å². The minimum absolute atomic E-state index is 0.00546. The number of hydrogen-bond acceptors (Lipinski definition) is 10. The molecule has 4 aromatic rings. The maximum atomic E-state index is 14.0. The fourth-order valence-corrected chi connectivity index (χ4v) is 3.51. The largest absolute Gasteiger partial charge is 0.494 e. The Labute approximate surface area is 186 Å². The van der Waals surface area contributed by atoms with E-state index in [-0.39, 0.29) is 17.4 Å². The van der Waals surface area contributed by atoms with Crippen molar-refractivity contribution in [2.45, 2.75) is 6.43 Å². The molecule has 0 unspecified atom stereocenters. The van der Waals surface area contributed by atoms with Crippen LogP contribution in [0.5, 0.6) is 5.75 Å². The van der Waals surface area contributed by atoms with Gasteiger partial charge in [0.05, 0.1) is 25.8 Å². The lowest BCUT2D eigenvalue weighted by molar-refractivity contribution is 0.122. The number of benzene rings is 1. The van der Waals surface area contributed by atoms with E-state index in [0.29, 0.717) is 49.3 Å². The quantitative estimate of drug-likeness (QED) is 0.465. The SMILES string of the molecule is COc1cccc2c1nc(C(F)F)n2-c1nc(Nc2ccncn2)nc(N2CCOCC2)n1. The Balaban J connectivity index is 1.69. The molecule has 170 valence electrons. The number of anilines is 3. The highest BCUT2D eigenvalue weighted by molar-refractivity contribution is 5.84. The summed E-state index contributed by atoms with van der Waals surface area (Å²) in [5, 5.41) is 2.99. The second-order valence-electron chi connectivity index (χ2n) is 7.01. The van der Waals surface area contributed by atoms with Crippen molar-refractivity contribution in [3.8, 4) is 11.7 Å². The van der Waals surface area contributed by atoms with Crippen molar-refractivity contribution in [1.82, 2.24) is 34.5 Å². The Morgan fingerprint density at radius 1 is 1.06 bits per heavy atom. The third-order valence-electron chi connectivity index (χ3n) is 5.02. The van der Waals surface area contributed by atoms with Gasteiger partial charge in [0.15, 0.2) is 5.82 Å². The summed E-state index contributed by atoms with van der Waals surface area (Å²) in [5.41, 5.74) is 0.672. The first-order valence-electron chi connectivity index (χ1n) is 10.1. The normalized spacial score (nSPS) is 14.1. The molecule has 1 aliphatic rings. The van der Waals surface area contributed by atoms with E-state index in [1.807, 2.05) is 4.90 Å². The highest BCUT2D eigenvalue weighted by Crippen LogP contribution is 2.32. The van der Waals surface area contributed by atoms with E-state index >= 15 is 0 Å². The van der Waals surface area contributed by atoms with E-state index < -0.39 is 12.2 Å². The number of morpholine rings is 1. The fourth-order valence-electron chi connectivity index (χ4n) is 3.51. The average molecular weight is 455 g/mol. The van der Waals surface area contributed by atoms with Crippen LogP contribution in [0.4, 0.5) is 26.5 Å². The zero-order valence-corrected chi connectivity index (χ0v) is 17.5. The first-order valence-corrected chi connectivity index (χ1v) is 10.1. The number of nitrogens with one attached hydrogen (secondary N) is 1. The van der Waals surface area contributed by atoms with Crippen molar-refractivity contribution < 1.29 is 18.3 Å². The molecular formula is C20H19F2N9O2. The van der Waals surface area contributed by atoms with Crippen LogP contribution in [0.1, 0.15) is 12.2 Å². The molecule has 1 saturated heterocycles. The summed E-state index contributed by atoms with van der Waals surface area (Å²) in [5.74, 6) is 0.780. The van der Waals surface area contributed by atoms with Crippen LogP contribution in [0, 0.1) is 0 Å². The molecule has 11 nitrogen and oxygen atoms in total. The second kappa shape index (κ2) is 8.86. The van der Waals surface area contributed by atoms with E-state index in [4.69, 9.17) is 9.47 Å². The van der Waals surface area contributed by atoms with E-state index in [2.05, 4.69) is 35.2 Å². The molecule has 0 amide bonds. The molecule has 1 aliphatic heterocycles. The van der Waals surface area contributed by atoms with Gasteiger partial charge in [0.1, 0.15) is 23.4 Å². The van der Waals surface area contributed by atoms with Crippen LogP contribution in [0.2, 0.25) is 0 Å². The smallest absolute Gasteiger partial charge is 0.296 e. The maximum Gasteiger partial charge on any atom is 0.296 e. The number of aromatic nitrogens is 7. The van der Waals surface area contributed by atoms with Gasteiger partial charge in [-0.1, -0.05) is 6.07 Å². The minimum Gasteiger partial charge on any atom is -0.494 e. The van der Waals surface area contributed by atoms with Crippen LogP contribution in [-0.2, 0) is 4.74 Å². The molecule has 0 spiro atoms. The number of methoxy groups -OCH3 is 1. The van der Waals surface area contributed by atoms with Crippen LogP contribution in [-0.4, -0.2) is 67.9 Å². The lowest BCUT2D eigenvalue weighted by Gasteiger charge is -2.27.